The van der Waals surface area contributed by atoms with Crippen LogP contribution in [0, 0.1) is 5.41 Å². The molecule has 2 aromatic rings. The SMILES string of the molecule is CC(=O)O[C@@H]1c2ccccc2N[C@H](c2ccc3c(c2)OCO3)C1(C)C. The molecular formula is C20H21NO4. The summed E-state index contributed by atoms with van der Waals surface area (Å²) in [7, 11) is 0. The predicted octanol–water partition coefficient (Wildman–Crippen LogP) is 4.21. The monoisotopic (exact) mass is 339 g/mol. The highest BCUT2D eigenvalue weighted by Gasteiger charge is 2.46. The number of anilines is 1. The topological polar surface area (TPSA) is 56.8 Å². The predicted molar refractivity (Wildman–Crippen MR) is 93.7 cm³/mol. The Morgan fingerprint density at radius 2 is 1.92 bits per heavy atom. The molecule has 1 N–H and O–H groups in total. The van der Waals surface area contributed by atoms with Crippen LogP contribution in [0.15, 0.2) is 42.5 Å². The Bertz CT molecular complexity index is 830. The molecule has 0 saturated carbocycles. The summed E-state index contributed by atoms with van der Waals surface area (Å²) >= 11 is 0. The van der Waals surface area contributed by atoms with Gasteiger partial charge in [0.15, 0.2) is 11.5 Å². The van der Waals surface area contributed by atoms with E-state index in [2.05, 4.69) is 19.2 Å². The van der Waals surface area contributed by atoms with Gasteiger partial charge in [0.2, 0.25) is 6.79 Å². The van der Waals surface area contributed by atoms with Crippen molar-refractivity contribution in [3.63, 3.8) is 0 Å². The third-order valence-electron chi connectivity index (χ3n) is 4.98. The molecule has 130 valence electrons. The maximum atomic E-state index is 11.7. The third-order valence-corrected chi connectivity index (χ3v) is 4.98. The van der Waals surface area contributed by atoms with Crippen LogP contribution in [0.2, 0.25) is 0 Å². The summed E-state index contributed by atoms with van der Waals surface area (Å²) in [5.74, 6) is 1.23. The molecule has 0 bridgehead atoms. The highest BCUT2D eigenvalue weighted by atomic mass is 16.7. The van der Waals surface area contributed by atoms with E-state index in [1.165, 1.54) is 6.92 Å². The lowest BCUT2D eigenvalue weighted by molar-refractivity contribution is -0.154. The van der Waals surface area contributed by atoms with E-state index in [1.54, 1.807) is 0 Å². The molecule has 5 nitrogen and oxygen atoms in total. The zero-order valence-corrected chi connectivity index (χ0v) is 14.5. The number of hydrogen-bond acceptors (Lipinski definition) is 5. The van der Waals surface area contributed by atoms with Crippen LogP contribution in [0.1, 0.15) is 44.0 Å². The molecule has 0 saturated heterocycles. The largest absolute Gasteiger partial charge is 0.457 e. The molecule has 0 unspecified atom stereocenters. The van der Waals surface area contributed by atoms with Gasteiger partial charge in [-0.15, -0.1) is 0 Å². The number of hydrogen-bond donors (Lipinski definition) is 1. The molecule has 0 aliphatic carbocycles. The van der Waals surface area contributed by atoms with Crippen molar-refractivity contribution < 1.29 is 19.0 Å². The summed E-state index contributed by atoms with van der Waals surface area (Å²) in [6, 6.07) is 13.9. The molecule has 5 heteroatoms. The van der Waals surface area contributed by atoms with E-state index < -0.39 is 0 Å². The lowest BCUT2D eigenvalue weighted by atomic mass is 9.70. The molecular weight excluding hydrogens is 318 g/mol. The number of para-hydroxylation sites is 1. The van der Waals surface area contributed by atoms with Gasteiger partial charge >= 0.3 is 5.97 Å². The van der Waals surface area contributed by atoms with E-state index >= 15 is 0 Å². The van der Waals surface area contributed by atoms with Crippen molar-refractivity contribution in [2.45, 2.75) is 32.9 Å². The second-order valence-corrected chi connectivity index (χ2v) is 7.09. The van der Waals surface area contributed by atoms with E-state index in [-0.39, 0.29) is 30.3 Å². The molecule has 0 fully saturated rings. The van der Waals surface area contributed by atoms with Crippen LogP contribution in [-0.2, 0) is 9.53 Å². The maximum absolute atomic E-state index is 11.7. The Labute approximate surface area is 146 Å². The molecule has 0 spiro atoms. The van der Waals surface area contributed by atoms with Gasteiger partial charge in [0.25, 0.3) is 0 Å². The Morgan fingerprint density at radius 1 is 1.16 bits per heavy atom. The van der Waals surface area contributed by atoms with Gasteiger partial charge in [-0.1, -0.05) is 38.1 Å². The van der Waals surface area contributed by atoms with E-state index in [9.17, 15) is 4.79 Å². The average Bonchev–Trinajstić information content (AvgIpc) is 3.04. The minimum absolute atomic E-state index is 0.0405. The molecule has 2 aliphatic heterocycles. The highest BCUT2D eigenvalue weighted by molar-refractivity contribution is 5.68. The van der Waals surface area contributed by atoms with Crippen molar-refractivity contribution >= 4 is 11.7 Å². The fraction of sp³-hybridized carbons (Fsp3) is 0.350. The number of carbonyl (C=O) groups excluding carboxylic acids is 1. The molecule has 0 amide bonds. The standard InChI is InChI=1S/C20H21NO4/c1-12(22)25-19-14-6-4-5-7-15(14)21-18(20(19,2)3)13-8-9-16-17(10-13)24-11-23-16/h4-10,18-19,21H,11H2,1-3H3/t18-,19-/m1/s1. The second kappa shape index (κ2) is 5.69. The van der Waals surface area contributed by atoms with Crippen molar-refractivity contribution in [1.29, 1.82) is 0 Å². The number of ether oxygens (including phenoxy) is 3. The number of rotatable bonds is 2. The normalized spacial score (nSPS) is 22.7. The lowest BCUT2D eigenvalue weighted by Crippen LogP contribution is -2.40. The zero-order chi connectivity index (χ0) is 17.6. The summed E-state index contributed by atoms with van der Waals surface area (Å²) in [4.78, 5) is 11.7. The van der Waals surface area contributed by atoms with Gasteiger partial charge in [-0.2, -0.15) is 0 Å². The van der Waals surface area contributed by atoms with Crippen LogP contribution >= 0.6 is 0 Å². The molecule has 2 heterocycles. The van der Waals surface area contributed by atoms with Gasteiger partial charge < -0.3 is 19.5 Å². The highest BCUT2D eigenvalue weighted by Crippen LogP contribution is 2.53. The van der Waals surface area contributed by atoms with Crippen molar-refractivity contribution in [2.24, 2.45) is 5.41 Å². The van der Waals surface area contributed by atoms with E-state index in [1.807, 2.05) is 42.5 Å². The Kier molecular flexibility index (Phi) is 3.60. The van der Waals surface area contributed by atoms with E-state index in [4.69, 9.17) is 14.2 Å². The maximum Gasteiger partial charge on any atom is 0.303 e. The van der Waals surface area contributed by atoms with Crippen LogP contribution in [0.3, 0.4) is 0 Å². The molecule has 0 radical (unpaired) electrons. The lowest BCUT2D eigenvalue weighted by Gasteiger charge is -2.46. The summed E-state index contributed by atoms with van der Waals surface area (Å²) in [6.07, 6.45) is -0.335. The summed E-state index contributed by atoms with van der Waals surface area (Å²) in [5, 5.41) is 3.61. The fourth-order valence-corrected chi connectivity index (χ4v) is 3.74. The molecule has 25 heavy (non-hydrogen) atoms. The summed E-state index contributed by atoms with van der Waals surface area (Å²) in [5.41, 5.74) is 2.70. The third kappa shape index (κ3) is 2.60. The first-order chi connectivity index (χ1) is 12.0. The van der Waals surface area contributed by atoms with Gasteiger partial charge in [-0.25, -0.2) is 0 Å². The molecule has 2 atom stereocenters. The van der Waals surface area contributed by atoms with Gasteiger partial charge in [0.1, 0.15) is 6.10 Å². The zero-order valence-electron chi connectivity index (χ0n) is 14.5. The quantitative estimate of drug-likeness (QED) is 0.831. The Morgan fingerprint density at radius 3 is 2.72 bits per heavy atom. The minimum atomic E-state index is -0.353. The van der Waals surface area contributed by atoms with Crippen LogP contribution in [0.4, 0.5) is 5.69 Å². The number of benzene rings is 2. The van der Waals surface area contributed by atoms with Crippen LogP contribution in [0.5, 0.6) is 11.5 Å². The first kappa shape index (κ1) is 15.8. The number of esters is 1. The number of nitrogens with one attached hydrogen (secondary N) is 1. The minimum Gasteiger partial charge on any atom is -0.457 e. The first-order valence-corrected chi connectivity index (χ1v) is 8.39. The van der Waals surface area contributed by atoms with Gasteiger partial charge in [-0.05, 0) is 23.8 Å². The average molecular weight is 339 g/mol. The number of carbonyl (C=O) groups is 1. The van der Waals surface area contributed by atoms with Crippen LogP contribution < -0.4 is 14.8 Å². The Balaban J connectivity index is 1.79. The summed E-state index contributed by atoms with van der Waals surface area (Å²) in [6.45, 7) is 5.92. The first-order valence-electron chi connectivity index (χ1n) is 8.39. The van der Waals surface area contributed by atoms with Gasteiger partial charge in [0, 0.05) is 23.6 Å². The van der Waals surface area contributed by atoms with Crippen molar-refractivity contribution in [3.8, 4) is 11.5 Å². The second-order valence-electron chi connectivity index (χ2n) is 7.09. The molecule has 2 aromatic carbocycles. The smallest absolute Gasteiger partial charge is 0.303 e. The van der Waals surface area contributed by atoms with E-state index in [0.29, 0.717) is 0 Å². The molecule has 2 aliphatic rings. The van der Waals surface area contributed by atoms with Gasteiger partial charge in [-0.3, -0.25) is 4.79 Å². The van der Waals surface area contributed by atoms with Crippen LogP contribution in [-0.4, -0.2) is 12.8 Å². The molecule has 0 aromatic heterocycles. The van der Waals surface area contributed by atoms with Crippen molar-refractivity contribution in [2.75, 3.05) is 12.1 Å². The molecule has 4 rings (SSSR count). The number of fused-ring (bicyclic) bond motifs is 2. The van der Waals surface area contributed by atoms with Crippen LogP contribution in [0.25, 0.3) is 0 Å². The summed E-state index contributed by atoms with van der Waals surface area (Å²) < 4.78 is 16.7. The Hall–Kier alpha value is -2.69. The fourth-order valence-electron chi connectivity index (χ4n) is 3.74. The van der Waals surface area contributed by atoms with E-state index in [0.717, 1.165) is 28.3 Å². The van der Waals surface area contributed by atoms with Crippen molar-refractivity contribution in [3.05, 3.63) is 53.6 Å². The van der Waals surface area contributed by atoms with Crippen molar-refractivity contribution in [1.82, 2.24) is 0 Å². The van der Waals surface area contributed by atoms with Gasteiger partial charge in [0.05, 0.1) is 6.04 Å².